The molecule has 0 N–H and O–H groups in total. The Morgan fingerprint density at radius 2 is 2.03 bits per heavy atom. The fourth-order valence-corrected chi connectivity index (χ4v) is 4.06. The predicted octanol–water partition coefficient (Wildman–Crippen LogP) is 6.01. The van der Waals surface area contributed by atoms with Crippen molar-refractivity contribution in [1.82, 2.24) is 9.66 Å². The van der Waals surface area contributed by atoms with Gasteiger partial charge < -0.3 is 9.15 Å². The summed E-state index contributed by atoms with van der Waals surface area (Å²) in [7, 11) is 0. The van der Waals surface area contributed by atoms with Crippen molar-refractivity contribution in [2.75, 3.05) is 6.61 Å². The van der Waals surface area contributed by atoms with Crippen molar-refractivity contribution in [1.29, 1.82) is 5.26 Å². The number of benzene rings is 3. The van der Waals surface area contributed by atoms with Gasteiger partial charge in [-0.1, -0.05) is 39.7 Å². The number of nitrogens with zero attached hydrogens (tertiary/aromatic N) is 4. The number of halogens is 2. The highest BCUT2D eigenvalue weighted by molar-refractivity contribution is 9.10. The first-order valence-corrected chi connectivity index (χ1v) is 11.3. The van der Waals surface area contributed by atoms with Gasteiger partial charge in [-0.3, -0.25) is 4.79 Å². The molecule has 0 radical (unpaired) electrons. The number of hydrogen-bond donors (Lipinski definition) is 0. The summed E-state index contributed by atoms with van der Waals surface area (Å²) in [5, 5.41) is 15.0. The average molecular weight is 534 g/mol. The Labute approximate surface area is 206 Å². The lowest BCUT2D eigenvalue weighted by Gasteiger charge is -2.09. The third-order valence-electron chi connectivity index (χ3n) is 5.03. The number of furan rings is 1. The van der Waals surface area contributed by atoms with E-state index < -0.39 is 0 Å². The van der Waals surface area contributed by atoms with Gasteiger partial charge >= 0.3 is 0 Å². The summed E-state index contributed by atoms with van der Waals surface area (Å²) in [4.78, 5) is 18.1. The van der Waals surface area contributed by atoms with E-state index in [-0.39, 0.29) is 18.0 Å². The third-order valence-corrected chi connectivity index (χ3v) is 5.76. The fourth-order valence-electron chi connectivity index (χ4n) is 3.50. The van der Waals surface area contributed by atoms with E-state index in [4.69, 9.17) is 26.0 Å². The molecule has 0 saturated carbocycles. The number of ether oxygens (including phenoxy) is 1. The Bertz CT molecular complexity index is 1680. The quantitative estimate of drug-likeness (QED) is 0.258. The standard InChI is InChI=1S/C25H14BrClN4O3/c26-17-5-7-22-15(11-17)13-23(34-22)24-30-20-4-2-1-3-19(20)25(32)31(24)29-14-16-12-18(27)6-8-21(16)33-10-9-28/h1-8,11-14H,10H2. The molecule has 9 heteroatoms. The second kappa shape index (κ2) is 9.14. The predicted molar refractivity (Wildman–Crippen MR) is 134 cm³/mol. The van der Waals surface area contributed by atoms with Gasteiger partial charge in [-0.25, -0.2) is 4.98 Å². The number of aromatic nitrogens is 2. The highest BCUT2D eigenvalue weighted by atomic mass is 79.9. The van der Waals surface area contributed by atoms with Crippen LogP contribution in [0.1, 0.15) is 5.56 Å². The molecule has 0 aliphatic carbocycles. The molecule has 5 rings (SSSR count). The molecule has 34 heavy (non-hydrogen) atoms. The molecule has 7 nitrogen and oxygen atoms in total. The molecule has 0 aliphatic rings. The zero-order valence-electron chi connectivity index (χ0n) is 17.4. The van der Waals surface area contributed by atoms with Gasteiger partial charge in [0.15, 0.2) is 12.4 Å². The minimum absolute atomic E-state index is 0.139. The summed E-state index contributed by atoms with van der Waals surface area (Å²) >= 11 is 9.60. The van der Waals surface area contributed by atoms with Crippen LogP contribution in [0.4, 0.5) is 0 Å². The van der Waals surface area contributed by atoms with E-state index in [1.54, 1.807) is 36.4 Å². The van der Waals surface area contributed by atoms with E-state index in [9.17, 15) is 4.79 Å². The Balaban J connectivity index is 1.70. The highest BCUT2D eigenvalue weighted by Gasteiger charge is 2.17. The van der Waals surface area contributed by atoms with E-state index in [0.717, 1.165) is 9.86 Å². The van der Waals surface area contributed by atoms with Crippen LogP contribution in [0.15, 0.2) is 85.5 Å². The monoisotopic (exact) mass is 532 g/mol. The minimum Gasteiger partial charge on any atom is -0.478 e. The van der Waals surface area contributed by atoms with Crippen molar-refractivity contribution in [3.63, 3.8) is 0 Å². The van der Waals surface area contributed by atoms with Crippen molar-refractivity contribution >= 4 is 55.6 Å². The van der Waals surface area contributed by atoms with E-state index in [2.05, 4.69) is 26.0 Å². The second-order valence-electron chi connectivity index (χ2n) is 7.24. The van der Waals surface area contributed by atoms with Gasteiger partial charge in [-0.15, -0.1) is 0 Å². The first-order chi connectivity index (χ1) is 16.5. The van der Waals surface area contributed by atoms with Gasteiger partial charge in [0.25, 0.3) is 5.56 Å². The van der Waals surface area contributed by atoms with Gasteiger partial charge in [-0.05, 0) is 54.6 Å². The Morgan fingerprint density at radius 1 is 1.18 bits per heavy atom. The third kappa shape index (κ3) is 4.19. The molecule has 0 bridgehead atoms. The maximum absolute atomic E-state index is 13.4. The zero-order valence-corrected chi connectivity index (χ0v) is 19.7. The summed E-state index contributed by atoms with van der Waals surface area (Å²) < 4.78 is 13.5. The molecule has 3 aromatic carbocycles. The van der Waals surface area contributed by atoms with Crippen LogP contribution in [-0.4, -0.2) is 22.5 Å². The largest absolute Gasteiger partial charge is 0.478 e. The molecule has 0 saturated heterocycles. The molecule has 0 spiro atoms. The molecule has 0 fully saturated rings. The summed E-state index contributed by atoms with van der Waals surface area (Å²) in [6, 6.07) is 21.3. The van der Waals surface area contributed by atoms with Crippen molar-refractivity contribution < 1.29 is 9.15 Å². The van der Waals surface area contributed by atoms with Crippen molar-refractivity contribution in [2.24, 2.45) is 5.10 Å². The molecular weight excluding hydrogens is 520 g/mol. The fraction of sp³-hybridized carbons (Fsp3) is 0.0400. The first kappa shape index (κ1) is 21.9. The Hall–Kier alpha value is -3.93. The summed E-state index contributed by atoms with van der Waals surface area (Å²) in [6.07, 6.45) is 1.44. The normalized spacial score (nSPS) is 11.3. The number of para-hydroxylation sites is 1. The van der Waals surface area contributed by atoms with Gasteiger partial charge in [0.05, 0.1) is 17.1 Å². The van der Waals surface area contributed by atoms with Gasteiger partial charge in [0.2, 0.25) is 5.82 Å². The van der Waals surface area contributed by atoms with Crippen LogP contribution in [0.25, 0.3) is 33.5 Å². The molecule has 2 aromatic heterocycles. The maximum atomic E-state index is 13.4. The summed E-state index contributed by atoms with van der Waals surface area (Å²) in [5.74, 6) is 1.04. The van der Waals surface area contributed by atoms with Crippen molar-refractivity contribution in [2.45, 2.75) is 0 Å². The van der Waals surface area contributed by atoms with E-state index in [0.29, 0.717) is 38.6 Å². The van der Waals surface area contributed by atoms with Crippen LogP contribution in [-0.2, 0) is 0 Å². The number of hydrogen-bond acceptors (Lipinski definition) is 6. The van der Waals surface area contributed by atoms with Gasteiger partial charge in [0, 0.05) is 20.4 Å². The molecule has 0 amide bonds. The first-order valence-electron chi connectivity index (χ1n) is 10.1. The van der Waals surface area contributed by atoms with E-state index >= 15 is 0 Å². The van der Waals surface area contributed by atoms with Gasteiger partial charge in [-0.2, -0.15) is 15.0 Å². The SMILES string of the molecule is N#CCOc1ccc(Cl)cc1C=Nn1c(-c2cc3cc(Br)ccc3o2)nc2ccccc2c1=O. The Kier molecular flexibility index (Phi) is 5.88. The average Bonchev–Trinajstić information content (AvgIpc) is 3.26. The maximum Gasteiger partial charge on any atom is 0.282 e. The van der Waals surface area contributed by atoms with Crippen LogP contribution in [0, 0.1) is 11.3 Å². The summed E-state index contributed by atoms with van der Waals surface area (Å²) in [6.45, 7) is -0.139. The number of rotatable bonds is 5. The lowest BCUT2D eigenvalue weighted by molar-refractivity contribution is 0.367. The number of nitriles is 1. The van der Waals surface area contributed by atoms with E-state index in [1.165, 1.54) is 10.9 Å². The van der Waals surface area contributed by atoms with Crippen LogP contribution in [0.2, 0.25) is 5.02 Å². The van der Waals surface area contributed by atoms with Gasteiger partial charge in [0.1, 0.15) is 17.4 Å². The van der Waals surface area contributed by atoms with Crippen LogP contribution in [0.3, 0.4) is 0 Å². The highest BCUT2D eigenvalue weighted by Crippen LogP contribution is 2.29. The lowest BCUT2D eigenvalue weighted by Crippen LogP contribution is -2.20. The van der Waals surface area contributed by atoms with Crippen LogP contribution < -0.4 is 10.3 Å². The molecule has 5 aromatic rings. The van der Waals surface area contributed by atoms with Crippen LogP contribution >= 0.6 is 27.5 Å². The van der Waals surface area contributed by atoms with Crippen LogP contribution in [0.5, 0.6) is 5.75 Å². The lowest BCUT2D eigenvalue weighted by atomic mass is 10.2. The zero-order chi connectivity index (χ0) is 23.7. The molecule has 0 atom stereocenters. The molecular formula is C25H14BrClN4O3. The minimum atomic E-state index is -0.361. The van der Waals surface area contributed by atoms with Crippen molar-refractivity contribution in [3.05, 3.63) is 92.1 Å². The number of fused-ring (bicyclic) bond motifs is 2. The van der Waals surface area contributed by atoms with Crippen molar-refractivity contribution in [3.8, 4) is 23.4 Å². The molecule has 0 aliphatic heterocycles. The summed E-state index contributed by atoms with van der Waals surface area (Å²) in [5.41, 5.74) is 1.32. The smallest absolute Gasteiger partial charge is 0.282 e. The molecule has 166 valence electrons. The second-order valence-corrected chi connectivity index (χ2v) is 8.59. The van der Waals surface area contributed by atoms with E-state index in [1.807, 2.05) is 36.4 Å². The topological polar surface area (TPSA) is 93.4 Å². The Morgan fingerprint density at radius 3 is 2.88 bits per heavy atom. The molecule has 2 heterocycles. The molecule has 0 unspecified atom stereocenters.